The summed E-state index contributed by atoms with van der Waals surface area (Å²) in [6, 6.07) is 0. The molecule has 14 heavy (non-hydrogen) atoms. The number of hydrogen-bond acceptors (Lipinski definition) is 3. The Morgan fingerprint density at radius 2 is 1.79 bits per heavy atom. The molecule has 0 saturated carbocycles. The lowest BCUT2D eigenvalue weighted by Crippen LogP contribution is -2.39. The van der Waals surface area contributed by atoms with E-state index in [1.54, 1.807) is 12.4 Å². The van der Waals surface area contributed by atoms with Crippen molar-refractivity contribution in [1.29, 1.82) is 0 Å². The first-order chi connectivity index (χ1) is 6.59. The number of nitrogens with zero attached hydrogens (tertiary/aromatic N) is 2. The van der Waals surface area contributed by atoms with E-state index in [1.807, 2.05) is 13.8 Å². The van der Waals surface area contributed by atoms with E-state index in [0.717, 1.165) is 5.56 Å². The number of nitrogens with one attached hydrogen (secondary N) is 1. The van der Waals surface area contributed by atoms with Crippen LogP contribution in [-0.4, -0.2) is 27.3 Å². The molecule has 3 nitrogen and oxygen atoms in total. The van der Waals surface area contributed by atoms with Crippen LogP contribution >= 0.6 is 23.2 Å². The molecule has 0 aromatic carbocycles. The minimum absolute atomic E-state index is 0.363. The highest BCUT2D eigenvalue weighted by Gasteiger charge is 2.22. The van der Waals surface area contributed by atoms with E-state index < -0.39 is 0 Å². The number of halogens is 2. The summed E-state index contributed by atoms with van der Waals surface area (Å²) in [4.78, 5) is 8.24. The molecule has 0 aliphatic heterocycles. The summed E-state index contributed by atoms with van der Waals surface area (Å²) in [5.41, 5.74) is 0.659. The zero-order valence-electron chi connectivity index (χ0n) is 8.22. The summed E-state index contributed by atoms with van der Waals surface area (Å²) in [5.74, 6) is 1.38. The van der Waals surface area contributed by atoms with Gasteiger partial charge in [0.05, 0.1) is 5.54 Å². The van der Waals surface area contributed by atoms with Crippen molar-refractivity contribution in [3.8, 4) is 0 Å². The van der Waals surface area contributed by atoms with Gasteiger partial charge in [-0.3, -0.25) is 0 Å². The summed E-state index contributed by atoms with van der Waals surface area (Å²) >= 11 is 11.6. The van der Waals surface area contributed by atoms with Gasteiger partial charge in [0.1, 0.15) is 0 Å². The first kappa shape index (κ1) is 11.5. The van der Waals surface area contributed by atoms with Crippen molar-refractivity contribution >= 4 is 29.2 Å². The molecule has 1 N–H and O–H groups in total. The molecule has 1 rings (SSSR count). The van der Waals surface area contributed by atoms with Gasteiger partial charge in [-0.1, -0.05) is 0 Å². The maximum atomic E-state index is 5.79. The maximum absolute atomic E-state index is 5.79. The van der Waals surface area contributed by atoms with Crippen molar-refractivity contribution in [2.24, 2.45) is 0 Å². The number of aromatic nitrogens is 2. The van der Waals surface area contributed by atoms with Crippen LogP contribution in [0.4, 0.5) is 5.95 Å². The van der Waals surface area contributed by atoms with Gasteiger partial charge in [-0.2, -0.15) is 0 Å². The smallest absolute Gasteiger partial charge is 0.223 e. The Kier molecular flexibility index (Phi) is 3.96. The molecular formula is C9H13Cl2N3. The highest BCUT2D eigenvalue weighted by Crippen LogP contribution is 2.14. The van der Waals surface area contributed by atoms with Gasteiger partial charge >= 0.3 is 0 Å². The van der Waals surface area contributed by atoms with Crippen LogP contribution in [0.5, 0.6) is 0 Å². The monoisotopic (exact) mass is 233 g/mol. The Balaban J connectivity index is 2.72. The van der Waals surface area contributed by atoms with E-state index in [1.165, 1.54) is 0 Å². The van der Waals surface area contributed by atoms with Crippen LogP contribution in [0.15, 0.2) is 12.4 Å². The van der Waals surface area contributed by atoms with Crippen LogP contribution in [0.25, 0.3) is 0 Å². The number of alkyl halides is 2. The van der Waals surface area contributed by atoms with E-state index in [-0.39, 0.29) is 5.54 Å². The molecule has 0 aliphatic carbocycles. The standard InChI is InChI=1S/C9H13Cl2N3/c1-7-3-12-8(13-4-7)14-9(2,5-10)6-11/h3-4H,5-6H2,1-2H3,(H,12,13,14). The molecule has 0 unspecified atom stereocenters. The zero-order valence-corrected chi connectivity index (χ0v) is 9.73. The quantitative estimate of drug-likeness (QED) is 0.813. The highest BCUT2D eigenvalue weighted by atomic mass is 35.5. The second-order valence-corrected chi connectivity index (χ2v) is 4.07. The Morgan fingerprint density at radius 3 is 2.21 bits per heavy atom. The van der Waals surface area contributed by atoms with E-state index in [2.05, 4.69) is 15.3 Å². The molecule has 0 atom stereocenters. The van der Waals surface area contributed by atoms with Crippen LogP contribution < -0.4 is 5.32 Å². The van der Waals surface area contributed by atoms with Crippen molar-refractivity contribution in [1.82, 2.24) is 9.97 Å². The van der Waals surface area contributed by atoms with E-state index >= 15 is 0 Å². The summed E-state index contributed by atoms with van der Waals surface area (Å²) in [7, 11) is 0. The first-order valence-corrected chi connectivity index (χ1v) is 5.35. The number of rotatable bonds is 4. The van der Waals surface area contributed by atoms with Crippen LogP contribution in [0.1, 0.15) is 12.5 Å². The third-order valence-electron chi connectivity index (χ3n) is 1.78. The Bertz CT molecular complexity index is 283. The topological polar surface area (TPSA) is 37.8 Å². The van der Waals surface area contributed by atoms with Gasteiger partial charge in [0.2, 0.25) is 5.95 Å². The molecule has 0 spiro atoms. The normalized spacial score (nSPS) is 11.4. The van der Waals surface area contributed by atoms with Gasteiger partial charge in [-0.05, 0) is 19.4 Å². The molecule has 1 heterocycles. The van der Waals surface area contributed by atoms with Crippen LogP contribution in [-0.2, 0) is 0 Å². The summed E-state index contributed by atoms with van der Waals surface area (Å²) in [5, 5.41) is 3.10. The highest BCUT2D eigenvalue weighted by molar-refractivity contribution is 6.22. The fourth-order valence-electron chi connectivity index (χ4n) is 0.830. The van der Waals surface area contributed by atoms with Crippen molar-refractivity contribution in [3.63, 3.8) is 0 Å². The molecule has 0 amide bonds. The number of aryl methyl sites for hydroxylation is 1. The zero-order chi connectivity index (χ0) is 10.6. The van der Waals surface area contributed by atoms with Crippen molar-refractivity contribution in [2.45, 2.75) is 19.4 Å². The van der Waals surface area contributed by atoms with E-state index in [0.29, 0.717) is 17.7 Å². The molecule has 0 radical (unpaired) electrons. The van der Waals surface area contributed by atoms with Gasteiger partial charge in [0, 0.05) is 24.2 Å². The Morgan fingerprint density at radius 1 is 1.29 bits per heavy atom. The summed E-state index contributed by atoms with van der Waals surface area (Å²) in [6.07, 6.45) is 3.50. The largest absolute Gasteiger partial charge is 0.347 e. The van der Waals surface area contributed by atoms with Crippen molar-refractivity contribution < 1.29 is 0 Å². The molecule has 0 aliphatic rings. The average Bonchev–Trinajstić information content (AvgIpc) is 2.21. The van der Waals surface area contributed by atoms with Crippen molar-refractivity contribution in [2.75, 3.05) is 17.1 Å². The van der Waals surface area contributed by atoms with Crippen LogP contribution in [0, 0.1) is 6.92 Å². The molecule has 78 valence electrons. The fourth-order valence-corrected chi connectivity index (χ4v) is 1.25. The lowest BCUT2D eigenvalue weighted by atomic mass is 10.1. The maximum Gasteiger partial charge on any atom is 0.223 e. The predicted molar refractivity (Wildman–Crippen MR) is 60.2 cm³/mol. The molecule has 1 aromatic rings. The first-order valence-electron chi connectivity index (χ1n) is 4.28. The lowest BCUT2D eigenvalue weighted by Gasteiger charge is -2.25. The van der Waals surface area contributed by atoms with E-state index in [4.69, 9.17) is 23.2 Å². The van der Waals surface area contributed by atoms with Crippen LogP contribution in [0.2, 0.25) is 0 Å². The minimum atomic E-state index is -0.363. The molecule has 0 bridgehead atoms. The van der Waals surface area contributed by atoms with Gasteiger partial charge in [0.15, 0.2) is 0 Å². The number of anilines is 1. The van der Waals surface area contributed by atoms with Crippen LogP contribution in [0.3, 0.4) is 0 Å². The second kappa shape index (κ2) is 4.80. The lowest BCUT2D eigenvalue weighted by molar-refractivity contribution is 0.640. The van der Waals surface area contributed by atoms with Gasteiger partial charge < -0.3 is 5.32 Å². The van der Waals surface area contributed by atoms with Gasteiger partial charge in [-0.25, -0.2) is 9.97 Å². The van der Waals surface area contributed by atoms with Crippen molar-refractivity contribution in [3.05, 3.63) is 18.0 Å². The minimum Gasteiger partial charge on any atom is -0.347 e. The SMILES string of the molecule is Cc1cnc(NC(C)(CCl)CCl)nc1. The number of hydrogen-bond donors (Lipinski definition) is 1. The molecule has 0 fully saturated rings. The van der Waals surface area contributed by atoms with Gasteiger partial charge in [0.25, 0.3) is 0 Å². The third-order valence-corrected chi connectivity index (χ3v) is 2.96. The second-order valence-electron chi connectivity index (χ2n) is 3.54. The predicted octanol–water partition coefficient (Wildman–Crippen LogP) is 2.43. The van der Waals surface area contributed by atoms with Gasteiger partial charge in [-0.15, -0.1) is 23.2 Å². The Hall–Kier alpha value is -0.540. The molecular weight excluding hydrogens is 221 g/mol. The van der Waals surface area contributed by atoms with E-state index in [9.17, 15) is 0 Å². The summed E-state index contributed by atoms with van der Waals surface area (Å²) < 4.78 is 0. The Labute approximate surface area is 93.9 Å². The summed E-state index contributed by atoms with van der Waals surface area (Å²) in [6.45, 7) is 3.86. The fraction of sp³-hybridized carbons (Fsp3) is 0.556. The average molecular weight is 234 g/mol. The molecule has 0 saturated heterocycles. The molecule has 5 heteroatoms. The third kappa shape index (κ3) is 3.00. The molecule has 1 aromatic heterocycles.